The lowest BCUT2D eigenvalue weighted by Crippen LogP contribution is -2.36. The Labute approximate surface area is 191 Å². The second kappa shape index (κ2) is 10.1. The normalized spacial score (nSPS) is 14.1. The van der Waals surface area contributed by atoms with Crippen LogP contribution < -0.4 is 14.5 Å². The van der Waals surface area contributed by atoms with Crippen molar-refractivity contribution < 1.29 is 14.3 Å². The largest absolute Gasteiger partial charge is 0.463 e. The first-order chi connectivity index (χ1) is 16.3. The van der Waals surface area contributed by atoms with Crippen molar-refractivity contribution in [3.63, 3.8) is 0 Å². The summed E-state index contributed by atoms with van der Waals surface area (Å²) in [4.78, 5) is 24.2. The maximum Gasteiger partial charge on any atom is 0.321 e. The van der Waals surface area contributed by atoms with Gasteiger partial charge in [-0.3, -0.25) is 4.98 Å². The molecule has 3 aromatic heterocycles. The number of morpholine rings is 1. The predicted octanol–water partition coefficient (Wildman–Crippen LogP) is 3.22. The second-order valence-electron chi connectivity index (χ2n) is 7.48. The third-order valence-corrected chi connectivity index (χ3v) is 5.28. The van der Waals surface area contributed by atoms with Crippen molar-refractivity contribution in [3.05, 3.63) is 72.2 Å². The summed E-state index contributed by atoms with van der Waals surface area (Å²) < 4.78 is 11.3. The van der Waals surface area contributed by atoms with Gasteiger partial charge in [0.1, 0.15) is 5.82 Å². The molecule has 1 aliphatic rings. The minimum atomic E-state index is 0.243. The first-order valence-electron chi connectivity index (χ1n) is 10.9. The molecule has 0 amide bonds. The van der Waals surface area contributed by atoms with Crippen LogP contribution in [0.25, 0.3) is 10.9 Å². The molecule has 0 unspecified atom stereocenters. The van der Waals surface area contributed by atoms with Crippen LogP contribution in [0, 0.1) is 0 Å². The standard InChI is InChI=1S/C24H24N6O3/c1-2-7-21-20(6-1)18(16-26-21)17-27-33-23-15-22(30-10-13-31-14-11-30)28-24(29-23)32-12-8-19-5-3-4-9-25-19/h1-7,9,15-17,26H,8,10-14H2. The Morgan fingerprint density at radius 2 is 1.97 bits per heavy atom. The van der Waals surface area contributed by atoms with Gasteiger partial charge < -0.3 is 24.2 Å². The van der Waals surface area contributed by atoms with Gasteiger partial charge in [0.25, 0.3) is 5.88 Å². The molecule has 1 N–H and O–H groups in total. The summed E-state index contributed by atoms with van der Waals surface area (Å²) in [5, 5.41) is 5.21. The molecule has 0 atom stereocenters. The molecule has 4 aromatic rings. The number of fused-ring (bicyclic) bond motifs is 1. The highest BCUT2D eigenvalue weighted by Gasteiger charge is 2.16. The molecule has 4 heterocycles. The number of ether oxygens (including phenoxy) is 2. The number of rotatable bonds is 8. The van der Waals surface area contributed by atoms with Crippen molar-refractivity contribution in [1.29, 1.82) is 0 Å². The molecule has 9 heteroatoms. The summed E-state index contributed by atoms with van der Waals surface area (Å²) in [6.07, 6.45) is 5.98. The molecule has 5 rings (SSSR count). The molecule has 33 heavy (non-hydrogen) atoms. The Balaban J connectivity index is 1.31. The molecule has 0 radical (unpaired) electrons. The van der Waals surface area contributed by atoms with Crippen LogP contribution in [0.15, 0.2) is 66.1 Å². The van der Waals surface area contributed by atoms with E-state index < -0.39 is 0 Å². The number of H-pyrrole nitrogens is 1. The van der Waals surface area contributed by atoms with E-state index in [9.17, 15) is 0 Å². The Morgan fingerprint density at radius 1 is 1.09 bits per heavy atom. The monoisotopic (exact) mass is 444 g/mol. The molecule has 1 saturated heterocycles. The fourth-order valence-electron chi connectivity index (χ4n) is 3.59. The quantitative estimate of drug-likeness (QED) is 0.329. The van der Waals surface area contributed by atoms with E-state index in [0.717, 1.165) is 41.1 Å². The van der Waals surface area contributed by atoms with Gasteiger partial charge in [-0.15, -0.1) is 0 Å². The van der Waals surface area contributed by atoms with Crippen LogP contribution in [0.4, 0.5) is 5.82 Å². The fourth-order valence-corrected chi connectivity index (χ4v) is 3.59. The second-order valence-corrected chi connectivity index (χ2v) is 7.48. The van der Waals surface area contributed by atoms with Crippen LogP contribution in [0.1, 0.15) is 11.3 Å². The predicted molar refractivity (Wildman–Crippen MR) is 125 cm³/mol. The number of pyridine rings is 1. The van der Waals surface area contributed by atoms with E-state index in [-0.39, 0.29) is 6.01 Å². The van der Waals surface area contributed by atoms with Gasteiger partial charge in [0.2, 0.25) is 0 Å². The van der Waals surface area contributed by atoms with Gasteiger partial charge in [-0.2, -0.15) is 9.97 Å². The molecular weight excluding hydrogens is 420 g/mol. The van der Waals surface area contributed by atoms with E-state index in [0.29, 0.717) is 32.1 Å². The van der Waals surface area contributed by atoms with Crippen LogP contribution in [-0.4, -0.2) is 59.1 Å². The molecule has 1 aromatic carbocycles. The van der Waals surface area contributed by atoms with E-state index in [1.165, 1.54) is 0 Å². The van der Waals surface area contributed by atoms with Crippen molar-refractivity contribution in [2.45, 2.75) is 6.42 Å². The average molecular weight is 444 g/mol. The van der Waals surface area contributed by atoms with Gasteiger partial charge in [-0.25, -0.2) is 0 Å². The lowest BCUT2D eigenvalue weighted by molar-refractivity contribution is 0.122. The summed E-state index contributed by atoms with van der Waals surface area (Å²) in [6, 6.07) is 15.8. The number of aromatic amines is 1. The van der Waals surface area contributed by atoms with Gasteiger partial charge in [0.15, 0.2) is 0 Å². The lowest BCUT2D eigenvalue weighted by Gasteiger charge is -2.27. The van der Waals surface area contributed by atoms with E-state index in [4.69, 9.17) is 14.3 Å². The number of para-hydroxylation sites is 1. The van der Waals surface area contributed by atoms with E-state index in [1.807, 2.05) is 48.7 Å². The molecule has 0 bridgehead atoms. The van der Waals surface area contributed by atoms with Crippen molar-refractivity contribution in [3.8, 4) is 11.9 Å². The summed E-state index contributed by atoms with van der Waals surface area (Å²) in [6.45, 7) is 3.18. The van der Waals surface area contributed by atoms with Crippen LogP contribution in [0.5, 0.6) is 11.9 Å². The summed E-state index contributed by atoms with van der Waals surface area (Å²) in [7, 11) is 0. The topological polar surface area (TPSA) is 97.8 Å². The maximum absolute atomic E-state index is 5.83. The number of anilines is 1. The highest BCUT2D eigenvalue weighted by molar-refractivity contribution is 5.98. The molecule has 0 saturated carbocycles. The fraction of sp³-hybridized carbons (Fsp3) is 0.250. The Kier molecular flexibility index (Phi) is 6.39. The van der Waals surface area contributed by atoms with Crippen molar-refractivity contribution in [2.75, 3.05) is 37.8 Å². The molecule has 0 aliphatic carbocycles. The number of nitrogens with one attached hydrogen (secondary N) is 1. The van der Waals surface area contributed by atoms with Crippen LogP contribution in [-0.2, 0) is 11.2 Å². The summed E-state index contributed by atoms with van der Waals surface area (Å²) in [5.41, 5.74) is 2.92. The van der Waals surface area contributed by atoms with E-state index in [2.05, 4.69) is 30.0 Å². The zero-order valence-electron chi connectivity index (χ0n) is 18.1. The van der Waals surface area contributed by atoms with Gasteiger partial charge in [-0.1, -0.05) is 29.4 Å². The first-order valence-corrected chi connectivity index (χ1v) is 10.9. The smallest absolute Gasteiger partial charge is 0.321 e. The average Bonchev–Trinajstić information content (AvgIpc) is 3.28. The lowest BCUT2D eigenvalue weighted by atomic mass is 10.2. The van der Waals surface area contributed by atoms with E-state index >= 15 is 0 Å². The van der Waals surface area contributed by atoms with Gasteiger partial charge in [0, 0.05) is 60.1 Å². The Bertz CT molecular complexity index is 1220. The highest BCUT2D eigenvalue weighted by Crippen LogP contribution is 2.22. The van der Waals surface area contributed by atoms with Crippen molar-refractivity contribution >= 4 is 22.9 Å². The zero-order valence-corrected chi connectivity index (χ0v) is 18.1. The third kappa shape index (κ3) is 5.27. The van der Waals surface area contributed by atoms with Crippen LogP contribution in [0.2, 0.25) is 0 Å². The Morgan fingerprint density at radius 3 is 2.85 bits per heavy atom. The number of oxime groups is 1. The zero-order chi connectivity index (χ0) is 22.3. The minimum absolute atomic E-state index is 0.243. The molecule has 0 spiro atoms. The molecular formula is C24H24N6O3. The summed E-state index contributed by atoms with van der Waals surface area (Å²) >= 11 is 0. The third-order valence-electron chi connectivity index (χ3n) is 5.28. The van der Waals surface area contributed by atoms with Gasteiger partial charge >= 0.3 is 6.01 Å². The molecule has 9 nitrogen and oxygen atoms in total. The van der Waals surface area contributed by atoms with E-state index in [1.54, 1.807) is 18.5 Å². The van der Waals surface area contributed by atoms with Gasteiger partial charge in [-0.05, 0) is 18.2 Å². The number of aromatic nitrogens is 4. The molecule has 168 valence electrons. The molecule has 1 aliphatic heterocycles. The number of hydrogen-bond acceptors (Lipinski definition) is 8. The molecule has 1 fully saturated rings. The first kappa shape index (κ1) is 20.9. The van der Waals surface area contributed by atoms with Gasteiger partial charge in [0.05, 0.1) is 26.0 Å². The number of benzene rings is 1. The summed E-state index contributed by atoms with van der Waals surface area (Å²) in [5.74, 6) is 1.04. The minimum Gasteiger partial charge on any atom is -0.463 e. The van der Waals surface area contributed by atoms with Crippen LogP contribution >= 0.6 is 0 Å². The Hall–Kier alpha value is -3.98. The number of nitrogens with zero attached hydrogens (tertiary/aromatic N) is 5. The van der Waals surface area contributed by atoms with Crippen molar-refractivity contribution in [2.24, 2.45) is 5.16 Å². The van der Waals surface area contributed by atoms with Crippen molar-refractivity contribution in [1.82, 2.24) is 19.9 Å². The maximum atomic E-state index is 5.83. The SMILES string of the molecule is C(=NOc1cc(N2CCOCC2)nc(OCCc2ccccn2)n1)c1c[nH]c2ccccc12. The van der Waals surface area contributed by atoms with Crippen LogP contribution in [0.3, 0.4) is 0 Å². The highest BCUT2D eigenvalue weighted by atomic mass is 16.6. The number of hydrogen-bond donors (Lipinski definition) is 1.